The highest BCUT2D eigenvalue weighted by molar-refractivity contribution is 6.13. The van der Waals surface area contributed by atoms with E-state index in [4.69, 9.17) is 10.8 Å². The summed E-state index contributed by atoms with van der Waals surface area (Å²) in [5.41, 5.74) is 10.3. The first-order valence-electron chi connectivity index (χ1n) is 11.8. The molecular weight excluding hydrogens is 424 g/mol. The molecule has 0 radical (unpaired) electrons. The fourth-order valence-electron chi connectivity index (χ4n) is 4.89. The number of rotatable bonds is 5. The lowest BCUT2D eigenvalue weighted by atomic mass is 9.83. The molecule has 2 N–H and O–H groups in total. The molecule has 0 bridgehead atoms. The zero-order chi connectivity index (χ0) is 23.5. The van der Waals surface area contributed by atoms with Gasteiger partial charge >= 0.3 is 6.03 Å². The van der Waals surface area contributed by atoms with E-state index in [0.717, 1.165) is 35.4 Å². The second-order valence-corrected chi connectivity index (χ2v) is 8.91. The average Bonchev–Trinajstić information content (AvgIpc) is 3.00. The fourth-order valence-corrected chi connectivity index (χ4v) is 4.89. The molecule has 3 aromatic carbocycles. The van der Waals surface area contributed by atoms with Gasteiger partial charge in [0.25, 0.3) is 0 Å². The van der Waals surface area contributed by atoms with Crippen LogP contribution < -0.4 is 10.6 Å². The number of hydrogen-bond acceptors (Lipinski definition) is 3. The molecule has 0 atom stereocenters. The number of hydrogen-bond donors (Lipinski definition) is 1. The minimum atomic E-state index is -0.497. The second kappa shape index (κ2) is 9.51. The highest BCUT2D eigenvalue weighted by Gasteiger charge is 2.34. The smallest absolute Gasteiger partial charge is 0.349 e. The summed E-state index contributed by atoms with van der Waals surface area (Å²) in [6, 6.07) is 24.5. The van der Waals surface area contributed by atoms with Crippen LogP contribution in [0.15, 0.2) is 84.0 Å². The molecule has 5 rings (SSSR count). The normalized spacial score (nSPS) is 16.6. The Morgan fingerprint density at radius 3 is 2.26 bits per heavy atom. The molecule has 1 fully saturated rings. The Balaban J connectivity index is 1.63. The molecule has 6 nitrogen and oxygen atoms in total. The number of carbonyl (C=O) groups is 2. The Labute approximate surface area is 199 Å². The van der Waals surface area contributed by atoms with Crippen LogP contribution in [0, 0.1) is 5.92 Å². The Bertz CT molecular complexity index is 1210. The van der Waals surface area contributed by atoms with Crippen LogP contribution in [0.2, 0.25) is 0 Å². The van der Waals surface area contributed by atoms with Crippen LogP contribution in [0.5, 0.6) is 0 Å². The van der Waals surface area contributed by atoms with Crippen LogP contribution in [-0.2, 0) is 6.54 Å². The monoisotopic (exact) mass is 452 g/mol. The van der Waals surface area contributed by atoms with Crippen molar-refractivity contribution in [2.75, 3.05) is 4.90 Å². The molecule has 1 heterocycles. The molecule has 34 heavy (non-hydrogen) atoms. The molecule has 0 unspecified atom stereocenters. The molecule has 0 saturated heterocycles. The maximum Gasteiger partial charge on any atom is 0.349 e. The largest absolute Gasteiger partial charge is 0.366 e. The van der Waals surface area contributed by atoms with Gasteiger partial charge in [0.15, 0.2) is 0 Å². The van der Waals surface area contributed by atoms with Crippen molar-refractivity contribution in [3.63, 3.8) is 0 Å². The van der Waals surface area contributed by atoms with Gasteiger partial charge in [-0.1, -0.05) is 67.8 Å². The third-order valence-electron chi connectivity index (χ3n) is 6.64. The summed E-state index contributed by atoms with van der Waals surface area (Å²) in [4.78, 5) is 27.3. The molecule has 0 spiro atoms. The molecule has 1 saturated carbocycles. The zero-order valence-electron chi connectivity index (χ0n) is 19.1. The summed E-state index contributed by atoms with van der Waals surface area (Å²) in [5.74, 6) is -0.180. The third-order valence-corrected chi connectivity index (χ3v) is 6.64. The van der Waals surface area contributed by atoms with Gasteiger partial charge < -0.3 is 5.73 Å². The third kappa shape index (κ3) is 4.31. The Hall–Kier alpha value is -3.93. The van der Waals surface area contributed by atoms with Gasteiger partial charge in [-0.15, -0.1) is 0 Å². The van der Waals surface area contributed by atoms with Crippen molar-refractivity contribution in [3.8, 4) is 0 Å². The number of amides is 3. The van der Waals surface area contributed by atoms with Crippen molar-refractivity contribution < 1.29 is 9.59 Å². The van der Waals surface area contributed by atoms with Crippen molar-refractivity contribution in [3.05, 3.63) is 95.6 Å². The lowest BCUT2D eigenvalue weighted by molar-refractivity contribution is 0.100. The van der Waals surface area contributed by atoms with E-state index in [1.54, 1.807) is 34.2 Å². The number of benzene rings is 3. The van der Waals surface area contributed by atoms with Crippen LogP contribution in [0.25, 0.3) is 0 Å². The highest BCUT2D eigenvalue weighted by atomic mass is 16.2. The van der Waals surface area contributed by atoms with Gasteiger partial charge in [-0.3, -0.25) is 9.69 Å². The molecule has 6 heteroatoms. The minimum absolute atomic E-state index is 0.228. The maximum absolute atomic E-state index is 14.0. The number of hydrazone groups is 1. The summed E-state index contributed by atoms with van der Waals surface area (Å²) in [7, 11) is 0. The van der Waals surface area contributed by atoms with Crippen molar-refractivity contribution in [2.24, 2.45) is 16.8 Å². The van der Waals surface area contributed by atoms with Gasteiger partial charge in [-0.2, -0.15) is 5.10 Å². The van der Waals surface area contributed by atoms with Gasteiger partial charge in [0.2, 0.25) is 5.91 Å². The van der Waals surface area contributed by atoms with E-state index in [9.17, 15) is 9.59 Å². The van der Waals surface area contributed by atoms with Crippen LogP contribution in [0.1, 0.15) is 53.6 Å². The first kappa shape index (κ1) is 21.9. The lowest BCUT2D eigenvalue weighted by Gasteiger charge is -2.27. The molecule has 3 aromatic rings. The van der Waals surface area contributed by atoms with Gasteiger partial charge in [-0.25, -0.2) is 9.80 Å². The predicted molar refractivity (Wildman–Crippen MR) is 134 cm³/mol. The summed E-state index contributed by atoms with van der Waals surface area (Å²) in [6.45, 7) is 0.375. The van der Waals surface area contributed by atoms with Crippen molar-refractivity contribution in [1.82, 2.24) is 5.01 Å². The summed E-state index contributed by atoms with van der Waals surface area (Å²) >= 11 is 0. The fraction of sp³-hybridized carbons (Fsp3) is 0.250. The topological polar surface area (TPSA) is 79.0 Å². The number of fused-ring (bicyclic) bond motifs is 1. The number of carbonyl (C=O) groups excluding carboxylic acids is 2. The minimum Gasteiger partial charge on any atom is -0.366 e. The maximum atomic E-state index is 14.0. The van der Waals surface area contributed by atoms with Crippen molar-refractivity contribution in [2.45, 2.75) is 38.6 Å². The first-order valence-corrected chi connectivity index (χ1v) is 11.8. The van der Waals surface area contributed by atoms with Gasteiger partial charge in [0.1, 0.15) is 0 Å². The Morgan fingerprint density at radius 2 is 1.56 bits per heavy atom. The molecule has 3 amide bonds. The average molecular weight is 453 g/mol. The highest BCUT2D eigenvalue weighted by Crippen LogP contribution is 2.37. The van der Waals surface area contributed by atoms with E-state index < -0.39 is 5.91 Å². The molecule has 1 aliphatic carbocycles. The second-order valence-electron chi connectivity index (χ2n) is 8.91. The SMILES string of the molecule is NC(=O)c1ccc(N2C(=O)N(Cc3ccccc3)N=C(C3CCCCC3)c3ccccc32)cc1. The number of anilines is 2. The molecule has 2 aliphatic rings. The van der Waals surface area contributed by atoms with Gasteiger partial charge in [-0.05, 0) is 48.7 Å². The molecular formula is C28H28N4O2. The Kier molecular flexibility index (Phi) is 6.12. The summed E-state index contributed by atoms with van der Waals surface area (Å²) in [5, 5.41) is 6.61. The number of primary amides is 1. The number of para-hydroxylation sites is 1. The number of nitrogens with zero attached hydrogens (tertiary/aromatic N) is 3. The first-order chi connectivity index (χ1) is 16.6. The number of nitrogens with two attached hydrogens (primary N) is 1. The molecule has 1 aliphatic heterocycles. The van der Waals surface area contributed by atoms with Crippen molar-refractivity contribution >= 4 is 29.0 Å². The predicted octanol–water partition coefficient (Wildman–Crippen LogP) is 5.84. The van der Waals surface area contributed by atoms with E-state index >= 15 is 0 Å². The van der Waals surface area contributed by atoms with Crippen LogP contribution in [0.4, 0.5) is 16.2 Å². The van der Waals surface area contributed by atoms with Crippen molar-refractivity contribution in [1.29, 1.82) is 0 Å². The van der Waals surface area contributed by atoms with Gasteiger partial charge in [0, 0.05) is 17.0 Å². The standard InChI is InChI=1S/C28H28N4O2/c29-27(33)22-15-17-23(18-16-22)32-25-14-8-7-13-24(25)26(21-11-5-2-6-12-21)30-31(28(32)34)19-20-9-3-1-4-10-20/h1,3-4,7-10,13-18,21H,2,5-6,11-12,19H2,(H2,29,33). The van der Waals surface area contributed by atoms with Crippen LogP contribution in [0.3, 0.4) is 0 Å². The van der Waals surface area contributed by atoms with Gasteiger partial charge in [0.05, 0.1) is 23.6 Å². The van der Waals surface area contributed by atoms with E-state index in [1.165, 1.54) is 19.3 Å². The zero-order valence-corrected chi connectivity index (χ0v) is 19.1. The van der Waals surface area contributed by atoms with E-state index in [1.807, 2.05) is 48.5 Å². The summed E-state index contributed by atoms with van der Waals surface area (Å²) < 4.78 is 0. The molecule has 172 valence electrons. The van der Waals surface area contributed by atoms with Crippen LogP contribution in [-0.4, -0.2) is 22.7 Å². The summed E-state index contributed by atoms with van der Waals surface area (Å²) in [6.07, 6.45) is 5.76. The van der Waals surface area contributed by atoms with E-state index in [0.29, 0.717) is 23.7 Å². The lowest BCUT2D eigenvalue weighted by Crippen LogP contribution is -2.36. The van der Waals surface area contributed by atoms with E-state index in [2.05, 4.69) is 6.07 Å². The molecule has 0 aromatic heterocycles. The Morgan fingerprint density at radius 1 is 0.882 bits per heavy atom. The number of urea groups is 1. The van der Waals surface area contributed by atoms with Crippen LogP contribution >= 0.6 is 0 Å². The quantitative estimate of drug-likeness (QED) is 0.527. The van der Waals surface area contributed by atoms with E-state index in [-0.39, 0.29) is 6.03 Å².